The second-order valence-corrected chi connectivity index (χ2v) is 7.57. The van der Waals surface area contributed by atoms with E-state index in [2.05, 4.69) is 16.9 Å². The molecule has 0 bridgehead atoms. The second-order valence-electron chi connectivity index (χ2n) is 7.57. The van der Waals surface area contributed by atoms with E-state index in [1.54, 1.807) is 17.0 Å². The highest BCUT2D eigenvalue weighted by molar-refractivity contribution is 5.95. The fourth-order valence-electron chi connectivity index (χ4n) is 3.51. The molecule has 0 fully saturated rings. The number of H-pyrrole nitrogens is 1. The van der Waals surface area contributed by atoms with Crippen molar-refractivity contribution in [1.29, 1.82) is 0 Å². The zero-order chi connectivity index (χ0) is 21.1. The number of hydrogen-bond donors (Lipinski definition) is 1. The van der Waals surface area contributed by atoms with E-state index in [-0.39, 0.29) is 18.1 Å². The van der Waals surface area contributed by atoms with E-state index < -0.39 is 0 Å². The van der Waals surface area contributed by atoms with Crippen molar-refractivity contribution in [3.63, 3.8) is 0 Å². The summed E-state index contributed by atoms with van der Waals surface area (Å²) in [6, 6.07) is 20.2. The van der Waals surface area contributed by atoms with Crippen LogP contribution in [0.1, 0.15) is 22.5 Å². The Balaban J connectivity index is 1.58. The van der Waals surface area contributed by atoms with Crippen molar-refractivity contribution in [2.75, 3.05) is 11.4 Å². The molecule has 0 atom stereocenters. The Morgan fingerprint density at radius 1 is 1.00 bits per heavy atom. The van der Waals surface area contributed by atoms with Crippen molar-refractivity contribution >= 4 is 22.6 Å². The first-order valence-corrected chi connectivity index (χ1v) is 10.1. The second kappa shape index (κ2) is 8.49. The van der Waals surface area contributed by atoms with E-state index in [1.807, 2.05) is 49.4 Å². The maximum absolute atomic E-state index is 13.3. The van der Waals surface area contributed by atoms with Crippen molar-refractivity contribution in [1.82, 2.24) is 9.97 Å². The van der Waals surface area contributed by atoms with Crippen LogP contribution in [0.25, 0.3) is 11.0 Å². The van der Waals surface area contributed by atoms with Crippen molar-refractivity contribution in [2.45, 2.75) is 26.7 Å². The van der Waals surface area contributed by atoms with E-state index in [4.69, 9.17) is 0 Å². The maximum Gasteiger partial charge on any atom is 0.234 e. The Morgan fingerprint density at radius 2 is 1.77 bits per heavy atom. The number of anilines is 1. The van der Waals surface area contributed by atoms with Gasteiger partial charge in [0.25, 0.3) is 0 Å². The van der Waals surface area contributed by atoms with E-state index in [0.717, 1.165) is 27.8 Å². The number of aryl methyl sites for hydroxylation is 2. The lowest BCUT2D eigenvalue weighted by atomic mass is 10.1. The molecule has 5 heteroatoms. The molecule has 1 heterocycles. The standard InChI is InChI=1S/C25H24FN3O/c1-17-7-12-21(15-18(17)2)29(14-13-19-8-10-20(26)11-9-19)25(30)16-24-27-22-5-3-4-6-23(22)28-24/h3-12,15H,13-14,16H2,1-2H3,(H,27,28). The Morgan fingerprint density at radius 3 is 2.50 bits per heavy atom. The summed E-state index contributed by atoms with van der Waals surface area (Å²) in [5, 5.41) is 0. The van der Waals surface area contributed by atoms with Gasteiger partial charge in [0.2, 0.25) is 5.91 Å². The number of aromatic amines is 1. The third-order valence-electron chi connectivity index (χ3n) is 5.40. The number of benzene rings is 3. The van der Waals surface area contributed by atoms with Gasteiger partial charge in [-0.1, -0.05) is 30.3 Å². The molecule has 1 N–H and O–H groups in total. The topological polar surface area (TPSA) is 49.0 Å². The van der Waals surface area contributed by atoms with Gasteiger partial charge in [-0.05, 0) is 73.4 Å². The summed E-state index contributed by atoms with van der Waals surface area (Å²) in [5.74, 6) is 0.363. The van der Waals surface area contributed by atoms with E-state index >= 15 is 0 Å². The van der Waals surface area contributed by atoms with E-state index in [1.165, 1.54) is 17.7 Å². The summed E-state index contributed by atoms with van der Waals surface area (Å²) >= 11 is 0. The first-order chi connectivity index (χ1) is 14.5. The van der Waals surface area contributed by atoms with Crippen molar-refractivity contribution in [3.8, 4) is 0 Å². The number of aromatic nitrogens is 2. The maximum atomic E-state index is 13.3. The first kappa shape index (κ1) is 19.8. The van der Waals surface area contributed by atoms with Crippen LogP contribution in [0, 0.1) is 19.7 Å². The van der Waals surface area contributed by atoms with E-state index in [9.17, 15) is 9.18 Å². The van der Waals surface area contributed by atoms with Crippen molar-refractivity contribution in [2.24, 2.45) is 0 Å². The number of nitrogens with zero attached hydrogens (tertiary/aromatic N) is 2. The summed E-state index contributed by atoms with van der Waals surface area (Å²) in [7, 11) is 0. The third kappa shape index (κ3) is 4.40. The number of amides is 1. The molecule has 4 rings (SSSR count). The van der Waals surface area contributed by atoms with Crippen molar-refractivity contribution in [3.05, 3.63) is 95.1 Å². The predicted octanol–water partition coefficient (Wildman–Crippen LogP) is 5.14. The van der Waals surface area contributed by atoms with Gasteiger partial charge < -0.3 is 9.88 Å². The number of carbonyl (C=O) groups excluding carboxylic acids is 1. The Kier molecular flexibility index (Phi) is 5.61. The number of carbonyl (C=O) groups is 1. The molecule has 1 aromatic heterocycles. The lowest BCUT2D eigenvalue weighted by Gasteiger charge is -2.23. The average molecular weight is 401 g/mol. The van der Waals surface area contributed by atoms with Crippen LogP contribution < -0.4 is 4.90 Å². The van der Waals surface area contributed by atoms with Crippen LogP contribution in [0.4, 0.5) is 10.1 Å². The van der Waals surface area contributed by atoms with Gasteiger partial charge in [0.15, 0.2) is 0 Å². The van der Waals surface area contributed by atoms with Gasteiger partial charge in [-0.25, -0.2) is 9.37 Å². The minimum atomic E-state index is -0.259. The molecule has 4 nitrogen and oxygen atoms in total. The number of rotatable bonds is 6. The predicted molar refractivity (Wildman–Crippen MR) is 118 cm³/mol. The van der Waals surface area contributed by atoms with Crippen LogP contribution in [0.15, 0.2) is 66.7 Å². The molecule has 0 saturated carbocycles. The van der Waals surface area contributed by atoms with Gasteiger partial charge in [-0.3, -0.25) is 4.79 Å². The minimum Gasteiger partial charge on any atom is -0.342 e. The quantitative estimate of drug-likeness (QED) is 0.486. The molecule has 0 aliphatic rings. The van der Waals surface area contributed by atoms with E-state index in [0.29, 0.717) is 18.8 Å². The van der Waals surface area contributed by atoms with Crippen LogP contribution in [-0.4, -0.2) is 22.4 Å². The van der Waals surface area contributed by atoms with Gasteiger partial charge in [0.05, 0.1) is 17.5 Å². The van der Waals surface area contributed by atoms with Gasteiger partial charge >= 0.3 is 0 Å². The molecule has 3 aromatic carbocycles. The minimum absolute atomic E-state index is 0.0283. The molecule has 0 aliphatic heterocycles. The highest BCUT2D eigenvalue weighted by Crippen LogP contribution is 2.21. The number of hydrogen-bond acceptors (Lipinski definition) is 2. The normalized spacial score (nSPS) is 11.0. The average Bonchev–Trinajstić information content (AvgIpc) is 3.14. The summed E-state index contributed by atoms with van der Waals surface area (Å²) in [6.07, 6.45) is 0.824. The molecule has 0 spiro atoms. The van der Waals surface area contributed by atoms with Crippen LogP contribution in [-0.2, 0) is 17.6 Å². The summed E-state index contributed by atoms with van der Waals surface area (Å²) < 4.78 is 13.2. The SMILES string of the molecule is Cc1ccc(N(CCc2ccc(F)cc2)C(=O)Cc2nc3ccccc3[nH]2)cc1C. The highest BCUT2D eigenvalue weighted by atomic mass is 19.1. The molecule has 4 aromatic rings. The zero-order valence-electron chi connectivity index (χ0n) is 17.2. The smallest absolute Gasteiger partial charge is 0.234 e. The Bertz CT molecular complexity index is 1150. The summed E-state index contributed by atoms with van der Waals surface area (Å²) in [6.45, 7) is 4.60. The van der Waals surface area contributed by atoms with Crippen molar-refractivity contribution < 1.29 is 9.18 Å². The molecule has 0 unspecified atom stereocenters. The molecule has 1 amide bonds. The fraction of sp³-hybridized carbons (Fsp3) is 0.200. The lowest BCUT2D eigenvalue weighted by molar-refractivity contribution is -0.118. The highest BCUT2D eigenvalue weighted by Gasteiger charge is 2.18. The number of imidazole rings is 1. The van der Waals surface area contributed by atoms with Gasteiger partial charge in [-0.15, -0.1) is 0 Å². The number of para-hydroxylation sites is 2. The molecular formula is C25H24FN3O. The number of nitrogens with one attached hydrogen (secondary N) is 1. The molecule has 152 valence electrons. The number of fused-ring (bicyclic) bond motifs is 1. The third-order valence-corrected chi connectivity index (χ3v) is 5.40. The number of halogens is 1. The van der Waals surface area contributed by atoms with Gasteiger partial charge in [-0.2, -0.15) is 0 Å². The summed E-state index contributed by atoms with van der Waals surface area (Å²) in [5.41, 5.74) is 5.94. The monoisotopic (exact) mass is 401 g/mol. The molecule has 0 aliphatic carbocycles. The molecule has 0 radical (unpaired) electrons. The molecule has 30 heavy (non-hydrogen) atoms. The molecule has 0 saturated heterocycles. The van der Waals surface area contributed by atoms with Crippen LogP contribution in [0.5, 0.6) is 0 Å². The van der Waals surface area contributed by atoms with Gasteiger partial charge in [0.1, 0.15) is 11.6 Å². The molecular weight excluding hydrogens is 377 g/mol. The van der Waals surface area contributed by atoms with Crippen LogP contribution in [0.3, 0.4) is 0 Å². The first-order valence-electron chi connectivity index (χ1n) is 10.1. The summed E-state index contributed by atoms with van der Waals surface area (Å²) in [4.78, 5) is 22.8. The Labute approximate surface area is 175 Å². The zero-order valence-corrected chi connectivity index (χ0v) is 17.2. The lowest BCUT2D eigenvalue weighted by Crippen LogP contribution is -2.34. The fourth-order valence-corrected chi connectivity index (χ4v) is 3.51. The largest absolute Gasteiger partial charge is 0.342 e. The van der Waals surface area contributed by atoms with Crippen LogP contribution >= 0.6 is 0 Å². The van der Waals surface area contributed by atoms with Crippen LogP contribution in [0.2, 0.25) is 0 Å². The van der Waals surface area contributed by atoms with Gasteiger partial charge in [0, 0.05) is 12.2 Å². The Hall–Kier alpha value is -3.47.